The van der Waals surface area contributed by atoms with Crippen molar-refractivity contribution in [2.24, 2.45) is 0 Å². The summed E-state index contributed by atoms with van der Waals surface area (Å²) in [7, 11) is 1.57. The minimum absolute atomic E-state index is 0.0139. The van der Waals surface area contributed by atoms with Crippen molar-refractivity contribution in [1.82, 2.24) is 0 Å². The molecule has 5 nitrogen and oxygen atoms in total. The van der Waals surface area contributed by atoms with Crippen molar-refractivity contribution in [2.75, 3.05) is 23.9 Å². The van der Waals surface area contributed by atoms with Crippen LogP contribution < -0.4 is 15.0 Å². The molecule has 3 aromatic rings. The molecule has 0 saturated heterocycles. The zero-order chi connectivity index (χ0) is 21.6. The lowest BCUT2D eigenvalue weighted by molar-refractivity contribution is 0.0984. The first-order valence-electron chi connectivity index (χ1n) is 10.6. The minimum Gasteiger partial charge on any atom is -0.497 e. The second-order valence-electron chi connectivity index (χ2n) is 7.66. The first-order chi connectivity index (χ1) is 15.2. The van der Waals surface area contributed by atoms with E-state index in [-0.39, 0.29) is 11.8 Å². The van der Waals surface area contributed by atoms with Crippen LogP contribution in [0.1, 0.15) is 45.5 Å². The average molecular weight is 415 g/mol. The summed E-state index contributed by atoms with van der Waals surface area (Å²) >= 11 is 0. The first kappa shape index (κ1) is 20.7. The highest BCUT2D eigenvalue weighted by atomic mass is 16.5. The number of nitrogens with one attached hydrogen (secondary N) is 1. The van der Waals surface area contributed by atoms with Gasteiger partial charge in [-0.25, -0.2) is 0 Å². The van der Waals surface area contributed by atoms with Crippen LogP contribution in [0, 0.1) is 0 Å². The van der Waals surface area contributed by atoms with Gasteiger partial charge in [-0.1, -0.05) is 30.7 Å². The number of aryl methyl sites for hydroxylation is 1. The molecule has 0 atom stereocenters. The summed E-state index contributed by atoms with van der Waals surface area (Å²) in [6.07, 6.45) is 4.26. The monoisotopic (exact) mass is 414 g/mol. The number of fused-ring (bicyclic) bond motifs is 1. The number of hydrogen-bond acceptors (Lipinski definition) is 3. The van der Waals surface area contributed by atoms with Gasteiger partial charge in [0, 0.05) is 29.0 Å². The Hall–Kier alpha value is -3.60. The zero-order valence-corrected chi connectivity index (χ0v) is 17.6. The molecule has 0 unspecified atom stereocenters. The molecule has 0 spiro atoms. The summed E-state index contributed by atoms with van der Waals surface area (Å²) in [5.74, 6) is 0.387. The van der Waals surface area contributed by atoms with Crippen molar-refractivity contribution >= 4 is 23.2 Å². The van der Waals surface area contributed by atoms with E-state index in [4.69, 9.17) is 4.74 Å². The van der Waals surface area contributed by atoms with Crippen LogP contribution in [0.25, 0.3) is 0 Å². The molecule has 0 radical (unpaired) electrons. The SMILES string of the molecule is COc1cccc(C(=O)Nc2ccc(C(=O)N3CCCCCc4ccccc43)cc2)c1. The number of benzene rings is 3. The van der Waals surface area contributed by atoms with Gasteiger partial charge in [0.25, 0.3) is 11.8 Å². The third-order valence-corrected chi connectivity index (χ3v) is 5.58. The fraction of sp³-hybridized carbons (Fsp3) is 0.231. The van der Waals surface area contributed by atoms with Gasteiger partial charge in [-0.15, -0.1) is 0 Å². The highest BCUT2D eigenvalue weighted by Gasteiger charge is 2.21. The predicted molar refractivity (Wildman–Crippen MR) is 123 cm³/mol. The van der Waals surface area contributed by atoms with E-state index in [1.165, 1.54) is 5.56 Å². The summed E-state index contributed by atoms with van der Waals surface area (Å²) in [5.41, 5.74) is 3.98. The summed E-state index contributed by atoms with van der Waals surface area (Å²) in [6, 6.07) is 22.2. The van der Waals surface area contributed by atoms with Gasteiger partial charge in [-0.3, -0.25) is 9.59 Å². The van der Waals surface area contributed by atoms with Crippen molar-refractivity contribution in [3.8, 4) is 5.75 Å². The normalized spacial score (nSPS) is 13.5. The van der Waals surface area contributed by atoms with Crippen LogP contribution in [-0.4, -0.2) is 25.5 Å². The molecule has 1 aliphatic heterocycles. The largest absolute Gasteiger partial charge is 0.497 e. The van der Waals surface area contributed by atoms with Crippen molar-refractivity contribution < 1.29 is 14.3 Å². The number of para-hydroxylation sites is 1. The van der Waals surface area contributed by atoms with Crippen LogP contribution in [0.5, 0.6) is 5.75 Å². The van der Waals surface area contributed by atoms with Gasteiger partial charge in [-0.05, 0) is 73.4 Å². The highest BCUT2D eigenvalue weighted by Crippen LogP contribution is 2.27. The maximum Gasteiger partial charge on any atom is 0.258 e. The predicted octanol–water partition coefficient (Wildman–Crippen LogP) is 5.32. The summed E-state index contributed by atoms with van der Waals surface area (Å²) in [6.45, 7) is 0.712. The van der Waals surface area contributed by atoms with Crippen LogP contribution in [0.2, 0.25) is 0 Å². The molecule has 158 valence electrons. The third-order valence-electron chi connectivity index (χ3n) is 5.58. The Balaban J connectivity index is 1.50. The van der Waals surface area contributed by atoms with Crippen LogP contribution in [0.15, 0.2) is 72.8 Å². The molecule has 1 aliphatic rings. The van der Waals surface area contributed by atoms with E-state index >= 15 is 0 Å². The smallest absolute Gasteiger partial charge is 0.258 e. The molecule has 1 heterocycles. The Labute approximate surface area is 182 Å². The number of ether oxygens (including phenoxy) is 1. The minimum atomic E-state index is -0.226. The molecule has 0 aromatic heterocycles. The molecule has 4 rings (SSSR count). The molecular formula is C26H26N2O3. The van der Waals surface area contributed by atoms with Crippen molar-refractivity contribution in [1.29, 1.82) is 0 Å². The third kappa shape index (κ3) is 4.77. The molecule has 0 aliphatic carbocycles. The van der Waals surface area contributed by atoms with Crippen LogP contribution in [0.3, 0.4) is 0 Å². The Morgan fingerprint density at radius 2 is 1.68 bits per heavy atom. The van der Waals surface area contributed by atoms with Gasteiger partial charge in [0.2, 0.25) is 0 Å². The lowest BCUT2D eigenvalue weighted by Crippen LogP contribution is -2.33. The molecule has 1 N–H and O–H groups in total. The molecular weight excluding hydrogens is 388 g/mol. The van der Waals surface area contributed by atoms with E-state index in [0.29, 0.717) is 29.1 Å². The van der Waals surface area contributed by atoms with E-state index in [2.05, 4.69) is 11.4 Å². The quantitative estimate of drug-likeness (QED) is 0.628. The van der Waals surface area contributed by atoms with Gasteiger partial charge in [-0.2, -0.15) is 0 Å². The van der Waals surface area contributed by atoms with Crippen molar-refractivity contribution in [2.45, 2.75) is 25.7 Å². The standard InChI is InChI=1S/C26H26N2O3/c1-31-23-11-7-10-21(18-23)25(29)27-22-15-13-20(14-16-22)26(30)28-17-6-2-3-8-19-9-4-5-12-24(19)28/h4-5,7,9-16,18H,2-3,6,8,17H2,1H3,(H,27,29). The first-order valence-corrected chi connectivity index (χ1v) is 10.6. The molecule has 3 aromatic carbocycles. The van der Waals surface area contributed by atoms with E-state index in [1.807, 2.05) is 23.1 Å². The van der Waals surface area contributed by atoms with Crippen molar-refractivity contribution in [3.63, 3.8) is 0 Å². The fourth-order valence-electron chi connectivity index (χ4n) is 3.90. The maximum absolute atomic E-state index is 13.3. The molecule has 2 amide bonds. The number of carbonyl (C=O) groups excluding carboxylic acids is 2. The zero-order valence-electron chi connectivity index (χ0n) is 17.6. The number of anilines is 2. The van der Waals surface area contributed by atoms with Crippen LogP contribution in [0.4, 0.5) is 11.4 Å². The highest BCUT2D eigenvalue weighted by molar-refractivity contribution is 6.07. The second kappa shape index (κ2) is 9.47. The Morgan fingerprint density at radius 1 is 0.871 bits per heavy atom. The van der Waals surface area contributed by atoms with Gasteiger partial charge < -0.3 is 15.0 Å². The average Bonchev–Trinajstić information content (AvgIpc) is 2.80. The number of rotatable bonds is 4. The molecule has 0 saturated carbocycles. The second-order valence-corrected chi connectivity index (χ2v) is 7.66. The van der Waals surface area contributed by atoms with Gasteiger partial charge in [0.1, 0.15) is 5.75 Å². The topological polar surface area (TPSA) is 58.6 Å². The number of hydrogen-bond donors (Lipinski definition) is 1. The molecule has 0 bridgehead atoms. The van der Waals surface area contributed by atoms with E-state index in [1.54, 1.807) is 55.6 Å². The molecule has 31 heavy (non-hydrogen) atoms. The number of carbonyl (C=O) groups is 2. The van der Waals surface area contributed by atoms with Gasteiger partial charge in [0.05, 0.1) is 7.11 Å². The number of amides is 2. The van der Waals surface area contributed by atoms with E-state index in [0.717, 1.165) is 31.4 Å². The van der Waals surface area contributed by atoms with E-state index in [9.17, 15) is 9.59 Å². The summed E-state index contributed by atoms with van der Waals surface area (Å²) in [5, 5.41) is 2.87. The summed E-state index contributed by atoms with van der Waals surface area (Å²) in [4.78, 5) is 27.7. The maximum atomic E-state index is 13.3. The van der Waals surface area contributed by atoms with Gasteiger partial charge in [0.15, 0.2) is 0 Å². The Kier molecular flexibility index (Phi) is 6.32. The van der Waals surface area contributed by atoms with Gasteiger partial charge >= 0.3 is 0 Å². The molecule has 0 fully saturated rings. The van der Waals surface area contributed by atoms with E-state index < -0.39 is 0 Å². The fourth-order valence-corrected chi connectivity index (χ4v) is 3.90. The Morgan fingerprint density at radius 3 is 2.48 bits per heavy atom. The lowest BCUT2D eigenvalue weighted by Gasteiger charge is -2.27. The van der Waals surface area contributed by atoms with Crippen molar-refractivity contribution in [3.05, 3.63) is 89.5 Å². The number of methoxy groups -OCH3 is 1. The number of nitrogens with zero attached hydrogens (tertiary/aromatic N) is 1. The molecule has 5 heteroatoms. The van der Waals surface area contributed by atoms with Crippen LogP contribution in [-0.2, 0) is 6.42 Å². The lowest BCUT2D eigenvalue weighted by atomic mass is 10.0. The Bertz CT molecular complexity index is 1080. The summed E-state index contributed by atoms with van der Waals surface area (Å²) < 4.78 is 5.17. The van der Waals surface area contributed by atoms with Crippen LogP contribution >= 0.6 is 0 Å².